The Morgan fingerprint density at radius 3 is 2.42 bits per heavy atom. The lowest BCUT2D eigenvalue weighted by Gasteiger charge is -2.44. The van der Waals surface area contributed by atoms with Crippen molar-refractivity contribution >= 4 is 23.4 Å². The van der Waals surface area contributed by atoms with E-state index in [2.05, 4.69) is 52.8 Å². The Morgan fingerprint density at radius 1 is 1.04 bits per heavy atom. The molecule has 0 radical (unpaired) electrons. The van der Waals surface area contributed by atoms with Crippen molar-refractivity contribution in [2.45, 2.75) is 25.3 Å². The first-order valence-electron chi connectivity index (χ1n) is 9.28. The van der Waals surface area contributed by atoms with E-state index in [4.69, 9.17) is 0 Å². The number of benzene rings is 2. The van der Waals surface area contributed by atoms with Crippen molar-refractivity contribution < 1.29 is 4.79 Å². The number of nitrogens with zero attached hydrogens (tertiary/aromatic N) is 1. The summed E-state index contributed by atoms with van der Waals surface area (Å²) in [7, 11) is 0. The molecule has 2 heterocycles. The van der Waals surface area contributed by atoms with E-state index in [0.717, 1.165) is 43.9 Å². The number of carbonyl (C=O) groups is 1. The molecule has 0 bridgehead atoms. The number of fused-ring (bicyclic) bond motifs is 1. The highest BCUT2D eigenvalue weighted by Gasteiger charge is 2.44. The molecule has 134 valence electrons. The smallest absolute Gasteiger partial charge is 0.250 e. The lowest BCUT2D eigenvalue weighted by molar-refractivity contribution is -0.122. The Hall–Kier alpha value is -2.59. The summed E-state index contributed by atoms with van der Waals surface area (Å²) in [6.45, 7) is 4.97. The molecule has 4 nitrogen and oxygen atoms in total. The normalized spacial score (nSPS) is 19.6. The average Bonchev–Trinajstić information content (AvgIpc) is 2.65. The van der Waals surface area contributed by atoms with Crippen molar-refractivity contribution in [2.24, 2.45) is 0 Å². The highest BCUT2D eigenvalue weighted by atomic mass is 16.2. The van der Waals surface area contributed by atoms with Crippen LogP contribution in [0.25, 0.3) is 6.08 Å². The predicted octanol–water partition coefficient (Wildman–Crippen LogP) is 3.99. The SMILES string of the molecule is CC(=Cc1ccccc1)CN1CCC2(CC1)Nc1ccccc1NC2=O. The molecule has 2 aliphatic rings. The van der Waals surface area contributed by atoms with E-state index < -0.39 is 5.54 Å². The van der Waals surface area contributed by atoms with Gasteiger partial charge in [0.2, 0.25) is 5.91 Å². The van der Waals surface area contributed by atoms with E-state index in [1.165, 1.54) is 11.1 Å². The molecule has 0 atom stereocenters. The molecule has 0 aliphatic carbocycles. The number of carbonyl (C=O) groups excluding carboxylic acids is 1. The zero-order chi connectivity index (χ0) is 18.0. The van der Waals surface area contributed by atoms with Gasteiger partial charge in [0.05, 0.1) is 11.4 Å². The van der Waals surface area contributed by atoms with E-state index in [1.54, 1.807) is 0 Å². The van der Waals surface area contributed by atoms with Crippen molar-refractivity contribution in [1.82, 2.24) is 4.90 Å². The standard InChI is InChI=1S/C22H25N3O/c1-17(15-18-7-3-2-4-8-18)16-25-13-11-22(12-14-25)21(26)23-19-9-5-6-10-20(19)24-22/h2-10,15,24H,11-14,16H2,1H3,(H,23,26). The van der Waals surface area contributed by atoms with Gasteiger partial charge in [0.1, 0.15) is 5.54 Å². The molecule has 4 rings (SSSR count). The van der Waals surface area contributed by atoms with Crippen LogP contribution in [0.4, 0.5) is 11.4 Å². The summed E-state index contributed by atoms with van der Waals surface area (Å²) >= 11 is 0. The fourth-order valence-electron chi connectivity index (χ4n) is 3.93. The van der Waals surface area contributed by atoms with Gasteiger partial charge in [0.15, 0.2) is 0 Å². The van der Waals surface area contributed by atoms with Gasteiger partial charge in [-0.1, -0.05) is 54.1 Å². The Labute approximate surface area is 154 Å². The number of anilines is 2. The molecule has 2 aromatic rings. The zero-order valence-electron chi connectivity index (χ0n) is 15.2. The molecule has 1 fully saturated rings. The first-order chi connectivity index (χ1) is 12.6. The van der Waals surface area contributed by atoms with E-state index >= 15 is 0 Å². The largest absolute Gasteiger partial charge is 0.369 e. The van der Waals surface area contributed by atoms with Crippen LogP contribution >= 0.6 is 0 Å². The van der Waals surface area contributed by atoms with Crippen LogP contribution in [0.2, 0.25) is 0 Å². The van der Waals surface area contributed by atoms with Gasteiger partial charge in [0.25, 0.3) is 0 Å². The van der Waals surface area contributed by atoms with Gasteiger partial charge in [-0.05, 0) is 37.5 Å². The number of amides is 1. The van der Waals surface area contributed by atoms with E-state index in [0.29, 0.717) is 0 Å². The third-order valence-corrected chi connectivity index (χ3v) is 5.38. The number of para-hydroxylation sites is 2. The molecule has 2 aromatic carbocycles. The molecule has 2 N–H and O–H groups in total. The topological polar surface area (TPSA) is 44.4 Å². The van der Waals surface area contributed by atoms with Crippen LogP contribution in [0.3, 0.4) is 0 Å². The average molecular weight is 347 g/mol. The van der Waals surface area contributed by atoms with Gasteiger partial charge in [0, 0.05) is 19.6 Å². The van der Waals surface area contributed by atoms with Gasteiger partial charge in [-0.25, -0.2) is 0 Å². The number of hydrogen-bond donors (Lipinski definition) is 2. The van der Waals surface area contributed by atoms with Gasteiger partial charge >= 0.3 is 0 Å². The summed E-state index contributed by atoms with van der Waals surface area (Å²) in [5.74, 6) is 0.104. The number of hydrogen-bond acceptors (Lipinski definition) is 3. The maximum Gasteiger partial charge on any atom is 0.250 e. The second kappa shape index (κ2) is 6.96. The minimum Gasteiger partial charge on any atom is -0.369 e. The monoisotopic (exact) mass is 347 g/mol. The lowest BCUT2D eigenvalue weighted by atomic mass is 9.84. The molecular weight excluding hydrogens is 322 g/mol. The van der Waals surface area contributed by atoms with Crippen LogP contribution < -0.4 is 10.6 Å². The minimum absolute atomic E-state index is 0.104. The predicted molar refractivity (Wildman–Crippen MR) is 107 cm³/mol. The molecule has 0 aromatic heterocycles. The highest BCUT2D eigenvalue weighted by molar-refractivity contribution is 6.06. The van der Waals surface area contributed by atoms with Gasteiger partial charge in [-0.3, -0.25) is 9.69 Å². The van der Waals surface area contributed by atoms with Crippen molar-refractivity contribution in [3.05, 3.63) is 65.7 Å². The Morgan fingerprint density at radius 2 is 1.69 bits per heavy atom. The third-order valence-electron chi connectivity index (χ3n) is 5.38. The molecule has 1 spiro atoms. The van der Waals surface area contributed by atoms with Crippen LogP contribution in [0, 0.1) is 0 Å². The van der Waals surface area contributed by atoms with E-state index in [-0.39, 0.29) is 5.91 Å². The van der Waals surface area contributed by atoms with Crippen LogP contribution in [0.5, 0.6) is 0 Å². The third kappa shape index (κ3) is 3.37. The molecule has 26 heavy (non-hydrogen) atoms. The van der Waals surface area contributed by atoms with Crippen molar-refractivity contribution in [2.75, 3.05) is 30.3 Å². The van der Waals surface area contributed by atoms with E-state index in [1.807, 2.05) is 30.3 Å². The number of piperidine rings is 1. The quantitative estimate of drug-likeness (QED) is 0.882. The van der Waals surface area contributed by atoms with Crippen molar-refractivity contribution in [1.29, 1.82) is 0 Å². The fourth-order valence-corrected chi connectivity index (χ4v) is 3.93. The maximum atomic E-state index is 12.7. The molecule has 1 amide bonds. The van der Waals surface area contributed by atoms with Crippen LogP contribution in [-0.2, 0) is 4.79 Å². The fraction of sp³-hybridized carbons (Fsp3) is 0.318. The summed E-state index contributed by atoms with van der Waals surface area (Å²) in [5.41, 5.74) is 4.02. The summed E-state index contributed by atoms with van der Waals surface area (Å²) in [4.78, 5) is 15.1. The lowest BCUT2D eigenvalue weighted by Crippen LogP contribution is -2.58. The second-order valence-electron chi connectivity index (χ2n) is 7.38. The van der Waals surface area contributed by atoms with Gasteiger partial charge in [-0.2, -0.15) is 0 Å². The molecule has 1 saturated heterocycles. The molecule has 0 unspecified atom stereocenters. The van der Waals surface area contributed by atoms with Gasteiger partial charge in [-0.15, -0.1) is 0 Å². The molecule has 0 saturated carbocycles. The summed E-state index contributed by atoms with van der Waals surface area (Å²) < 4.78 is 0. The first-order valence-corrected chi connectivity index (χ1v) is 9.28. The van der Waals surface area contributed by atoms with Crippen LogP contribution in [-0.4, -0.2) is 36.0 Å². The second-order valence-corrected chi connectivity index (χ2v) is 7.38. The minimum atomic E-state index is -0.470. The molecule has 2 aliphatic heterocycles. The summed E-state index contributed by atoms with van der Waals surface area (Å²) in [6, 6.07) is 18.4. The Kier molecular flexibility index (Phi) is 4.51. The van der Waals surface area contributed by atoms with E-state index in [9.17, 15) is 4.79 Å². The van der Waals surface area contributed by atoms with Gasteiger partial charge < -0.3 is 10.6 Å². The Bertz CT molecular complexity index is 820. The highest BCUT2D eigenvalue weighted by Crippen LogP contribution is 2.36. The molecular formula is C22H25N3O. The van der Waals surface area contributed by atoms with Crippen molar-refractivity contribution in [3.8, 4) is 0 Å². The van der Waals surface area contributed by atoms with Crippen LogP contribution in [0.1, 0.15) is 25.3 Å². The number of rotatable bonds is 3. The van der Waals surface area contributed by atoms with Crippen LogP contribution in [0.15, 0.2) is 60.2 Å². The first kappa shape index (κ1) is 16.9. The van der Waals surface area contributed by atoms with Crippen molar-refractivity contribution in [3.63, 3.8) is 0 Å². The Balaban J connectivity index is 1.40. The number of nitrogens with one attached hydrogen (secondary N) is 2. The zero-order valence-corrected chi connectivity index (χ0v) is 15.2. The number of likely N-dealkylation sites (tertiary alicyclic amines) is 1. The summed E-state index contributed by atoms with van der Waals surface area (Å²) in [6.07, 6.45) is 3.89. The molecule has 4 heteroatoms. The maximum absolute atomic E-state index is 12.7. The summed E-state index contributed by atoms with van der Waals surface area (Å²) in [5, 5.41) is 6.60.